The molecule has 0 aliphatic carbocycles. The van der Waals surface area contributed by atoms with E-state index in [2.05, 4.69) is 5.32 Å². The highest BCUT2D eigenvalue weighted by Gasteiger charge is 2.25. The predicted molar refractivity (Wildman–Crippen MR) is 195 cm³/mol. The minimum absolute atomic E-state index is 0.0468. The Kier molecular flexibility index (Phi) is 17.6. The van der Waals surface area contributed by atoms with E-state index in [4.69, 9.17) is 14.2 Å². The number of aryl methyl sites for hydroxylation is 1. The summed E-state index contributed by atoms with van der Waals surface area (Å²) in [7, 11) is 3.21. The average molecular weight is 725 g/mol. The van der Waals surface area contributed by atoms with Crippen molar-refractivity contribution in [1.29, 1.82) is 0 Å². The monoisotopic (exact) mass is 724 g/mol. The number of ether oxygens (including phenoxy) is 3. The zero-order chi connectivity index (χ0) is 39.0. The van der Waals surface area contributed by atoms with Crippen LogP contribution in [0.4, 0.5) is 19.3 Å². The van der Waals surface area contributed by atoms with Gasteiger partial charge in [0.05, 0.1) is 5.56 Å². The van der Waals surface area contributed by atoms with E-state index in [-0.39, 0.29) is 59.8 Å². The van der Waals surface area contributed by atoms with Crippen LogP contribution < -0.4 is 14.8 Å². The molecule has 52 heavy (non-hydrogen) atoms. The van der Waals surface area contributed by atoms with Crippen LogP contribution in [-0.4, -0.2) is 55.0 Å². The summed E-state index contributed by atoms with van der Waals surface area (Å²) in [6, 6.07) is 12.9. The molecular weight excluding hydrogens is 674 g/mol. The van der Waals surface area contributed by atoms with Crippen molar-refractivity contribution in [2.75, 3.05) is 26.0 Å². The number of rotatable bonds is 17. The van der Waals surface area contributed by atoms with Crippen LogP contribution in [0.3, 0.4) is 0 Å². The molecule has 282 valence electrons. The van der Waals surface area contributed by atoms with E-state index in [1.807, 2.05) is 34.6 Å². The fourth-order valence-electron chi connectivity index (χ4n) is 4.54. The van der Waals surface area contributed by atoms with Gasteiger partial charge in [0.25, 0.3) is 5.91 Å². The van der Waals surface area contributed by atoms with E-state index in [1.54, 1.807) is 57.4 Å². The summed E-state index contributed by atoms with van der Waals surface area (Å²) < 4.78 is 43.4. The fourth-order valence-corrected chi connectivity index (χ4v) is 4.54. The molecule has 10 nitrogen and oxygen atoms in total. The SMILES string of the molecule is CCC(=O)CCC(C)C(C)=O.CCc1ccc(COC(=O)Nc2ccc(Oc3ccc(F)c(F)c3)cc2)c(OCC(=O)N(C)C)c1C(=O)[C@H](C)CC. The van der Waals surface area contributed by atoms with E-state index < -0.39 is 17.7 Å². The van der Waals surface area contributed by atoms with E-state index in [9.17, 15) is 32.8 Å². The Hall–Kier alpha value is -5.13. The summed E-state index contributed by atoms with van der Waals surface area (Å²) >= 11 is 0. The highest BCUT2D eigenvalue weighted by atomic mass is 19.2. The second-order valence-corrected chi connectivity index (χ2v) is 12.5. The molecule has 0 aromatic heterocycles. The molecule has 0 aliphatic rings. The molecule has 12 heteroatoms. The molecular formula is C40H50F2N2O8. The third-order valence-electron chi connectivity index (χ3n) is 8.38. The number of hydrogen-bond donors (Lipinski definition) is 1. The number of Topliss-reactive ketones (excluding diaryl/α,β-unsaturated/α-hetero) is 3. The van der Waals surface area contributed by atoms with Crippen LogP contribution in [0.5, 0.6) is 17.2 Å². The Morgan fingerprint density at radius 3 is 2.02 bits per heavy atom. The zero-order valence-electron chi connectivity index (χ0n) is 31.3. The van der Waals surface area contributed by atoms with Gasteiger partial charge in [0.15, 0.2) is 24.0 Å². The molecule has 0 fully saturated rings. The van der Waals surface area contributed by atoms with Crippen molar-refractivity contribution in [3.63, 3.8) is 0 Å². The summed E-state index contributed by atoms with van der Waals surface area (Å²) in [5, 5.41) is 2.60. The first-order valence-electron chi connectivity index (χ1n) is 17.3. The standard InChI is InChI=1S/C31H34F2N2O6.C9H16O2/c1-6-19(3)29(37)28-20(7-2)8-9-21(30(28)39-18-27(36)35(4)5)17-40-31(38)34-22-10-12-23(13-11-22)41-24-14-15-25(32)26(33)16-24;1-4-9(11)6-5-7(2)8(3)10/h8-16,19H,6-7,17-18H2,1-5H3,(H,34,38);7H,4-6H2,1-3H3/t19-;/m1./s1. The lowest BCUT2D eigenvalue weighted by Gasteiger charge is -2.21. The van der Waals surface area contributed by atoms with Crippen molar-refractivity contribution < 1.29 is 47.0 Å². The van der Waals surface area contributed by atoms with Crippen LogP contribution in [0.15, 0.2) is 54.6 Å². The highest BCUT2D eigenvalue weighted by Crippen LogP contribution is 2.32. The molecule has 2 amide bonds. The quantitative estimate of drug-likeness (QED) is 0.137. The number of benzene rings is 3. The normalized spacial score (nSPS) is 11.7. The number of nitrogens with one attached hydrogen (secondary N) is 1. The molecule has 0 radical (unpaired) electrons. The number of halogens is 2. The molecule has 3 rings (SSSR count). The number of hydrogen-bond acceptors (Lipinski definition) is 8. The van der Waals surface area contributed by atoms with Gasteiger partial charge < -0.3 is 19.1 Å². The van der Waals surface area contributed by atoms with Gasteiger partial charge in [0.2, 0.25) is 0 Å². The van der Waals surface area contributed by atoms with Gasteiger partial charge in [0.1, 0.15) is 35.4 Å². The molecule has 0 saturated carbocycles. The van der Waals surface area contributed by atoms with Gasteiger partial charge >= 0.3 is 6.09 Å². The highest BCUT2D eigenvalue weighted by molar-refractivity contribution is 6.02. The van der Waals surface area contributed by atoms with Gasteiger partial charge in [0, 0.05) is 56.1 Å². The van der Waals surface area contributed by atoms with Crippen molar-refractivity contribution in [2.24, 2.45) is 11.8 Å². The first-order chi connectivity index (χ1) is 24.6. The number of anilines is 1. The second kappa shape index (κ2) is 21.3. The molecule has 3 aromatic carbocycles. The summed E-state index contributed by atoms with van der Waals surface area (Å²) in [4.78, 5) is 61.1. The number of ketones is 3. The lowest BCUT2D eigenvalue weighted by molar-refractivity contribution is -0.130. The number of likely N-dealkylation sites (N-methyl/N-ethyl adjacent to an activating group) is 1. The number of amides is 2. The predicted octanol–water partition coefficient (Wildman–Crippen LogP) is 8.73. The van der Waals surface area contributed by atoms with E-state index in [0.717, 1.165) is 17.7 Å². The third kappa shape index (κ3) is 13.5. The Bertz CT molecular complexity index is 1690. The average Bonchev–Trinajstić information content (AvgIpc) is 3.13. The zero-order valence-corrected chi connectivity index (χ0v) is 31.3. The number of nitrogens with zero attached hydrogens (tertiary/aromatic N) is 1. The van der Waals surface area contributed by atoms with Gasteiger partial charge in [-0.25, -0.2) is 13.6 Å². The third-order valence-corrected chi connectivity index (χ3v) is 8.38. The molecule has 3 aromatic rings. The topological polar surface area (TPSA) is 128 Å². The van der Waals surface area contributed by atoms with Gasteiger partial charge in [-0.3, -0.25) is 24.5 Å². The maximum absolute atomic E-state index is 13.4. The largest absolute Gasteiger partial charge is 0.483 e. The Morgan fingerprint density at radius 2 is 1.46 bits per heavy atom. The van der Waals surface area contributed by atoms with Crippen LogP contribution >= 0.6 is 0 Å². The first-order valence-corrected chi connectivity index (χ1v) is 17.3. The number of carbonyl (C=O) groups is 5. The smallest absolute Gasteiger partial charge is 0.411 e. The Morgan fingerprint density at radius 1 is 0.827 bits per heavy atom. The lowest BCUT2D eigenvalue weighted by atomic mass is 9.90. The molecule has 1 N–H and O–H groups in total. The lowest BCUT2D eigenvalue weighted by Crippen LogP contribution is -2.28. The molecule has 0 heterocycles. The summed E-state index contributed by atoms with van der Waals surface area (Å²) in [5.74, 6) is -1.48. The minimum Gasteiger partial charge on any atom is -0.483 e. The Balaban J connectivity index is 0.000000734. The first kappa shape index (κ1) is 43.0. The summed E-state index contributed by atoms with van der Waals surface area (Å²) in [6.07, 6.45) is 2.30. The second-order valence-electron chi connectivity index (χ2n) is 12.5. The van der Waals surface area contributed by atoms with Crippen molar-refractivity contribution in [1.82, 2.24) is 4.90 Å². The van der Waals surface area contributed by atoms with Gasteiger partial charge in [-0.2, -0.15) is 0 Å². The van der Waals surface area contributed by atoms with E-state index in [1.165, 1.54) is 11.0 Å². The van der Waals surface area contributed by atoms with Crippen molar-refractivity contribution in [3.8, 4) is 17.2 Å². The Labute approximate surface area is 304 Å². The van der Waals surface area contributed by atoms with E-state index >= 15 is 0 Å². The van der Waals surface area contributed by atoms with Gasteiger partial charge in [-0.15, -0.1) is 0 Å². The molecule has 0 aliphatic heterocycles. The van der Waals surface area contributed by atoms with Crippen molar-refractivity contribution in [3.05, 3.63) is 82.9 Å². The van der Waals surface area contributed by atoms with Crippen LogP contribution in [0, 0.1) is 23.5 Å². The van der Waals surface area contributed by atoms with Gasteiger partial charge in [-0.05, 0) is 68.1 Å². The van der Waals surface area contributed by atoms with Crippen LogP contribution in [0.2, 0.25) is 0 Å². The van der Waals surface area contributed by atoms with Crippen LogP contribution in [-0.2, 0) is 32.1 Å². The molecule has 1 unspecified atom stereocenters. The molecule has 2 atom stereocenters. The van der Waals surface area contributed by atoms with Gasteiger partial charge in [-0.1, -0.05) is 46.8 Å². The summed E-state index contributed by atoms with van der Waals surface area (Å²) in [5.41, 5.74) is 2.02. The summed E-state index contributed by atoms with van der Waals surface area (Å²) in [6.45, 7) is 10.5. The minimum atomic E-state index is -1.03. The van der Waals surface area contributed by atoms with Crippen molar-refractivity contribution >= 4 is 35.0 Å². The molecule has 0 bridgehead atoms. The molecule has 0 saturated heterocycles. The van der Waals surface area contributed by atoms with Crippen LogP contribution in [0.25, 0.3) is 0 Å². The van der Waals surface area contributed by atoms with E-state index in [0.29, 0.717) is 54.7 Å². The van der Waals surface area contributed by atoms with Crippen molar-refractivity contribution in [2.45, 2.75) is 80.3 Å². The maximum Gasteiger partial charge on any atom is 0.411 e. The maximum atomic E-state index is 13.4. The fraction of sp³-hybridized carbons (Fsp3) is 0.425. The molecule has 0 spiro atoms. The van der Waals surface area contributed by atoms with Crippen LogP contribution in [0.1, 0.15) is 88.7 Å². The number of carbonyl (C=O) groups excluding carboxylic acids is 5.